The molecule has 1 aromatic rings. The first-order valence-electron chi connectivity index (χ1n) is 8.30. The molecule has 0 aliphatic heterocycles. The molecule has 0 fully saturated rings. The molecule has 7 heteroatoms. The number of carbonyl (C=O) groups is 2. The van der Waals surface area contributed by atoms with E-state index in [-0.39, 0.29) is 19.4 Å². The van der Waals surface area contributed by atoms with Gasteiger partial charge in [0, 0.05) is 12.8 Å². The number of carboxylic acid groups (broad SMARTS) is 2. The normalized spacial score (nSPS) is 11.3. The van der Waals surface area contributed by atoms with Crippen molar-refractivity contribution in [3.05, 3.63) is 35.9 Å². The highest BCUT2D eigenvalue weighted by Crippen LogP contribution is 2.05. The van der Waals surface area contributed by atoms with Gasteiger partial charge in [-0.05, 0) is 31.2 Å². The molecule has 142 valence electrons. The minimum Gasteiger partial charge on any atom is -0.481 e. The Morgan fingerprint density at radius 3 is 2.04 bits per heavy atom. The van der Waals surface area contributed by atoms with Gasteiger partial charge in [0.05, 0.1) is 25.9 Å². The van der Waals surface area contributed by atoms with Crippen LogP contribution in [0.4, 0.5) is 0 Å². The van der Waals surface area contributed by atoms with E-state index < -0.39 is 18.0 Å². The number of aryl methyl sites for hydroxylation is 1. The fourth-order valence-corrected chi connectivity index (χ4v) is 1.90. The number of hydrogen-bond acceptors (Lipinski definition) is 5. The molecule has 0 amide bonds. The van der Waals surface area contributed by atoms with Crippen LogP contribution in [-0.2, 0) is 20.7 Å². The van der Waals surface area contributed by atoms with E-state index in [1.165, 1.54) is 5.56 Å². The zero-order valence-corrected chi connectivity index (χ0v) is 14.3. The first kappa shape index (κ1) is 23.0. The molecular formula is C18H28O7. The third-order valence-corrected chi connectivity index (χ3v) is 3.19. The topological polar surface area (TPSA) is 124 Å². The second-order valence-corrected chi connectivity index (χ2v) is 5.47. The van der Waals surface area contributed by atoms with E-state index in [0.29, 0.717) is 32.5 Å². The van der Waals surface area contributed by atoms with E-state index in [1.807, 2.05) is 30.3 Å². The summed E-state index contributed by atoms with van der Waals surface area (Å²) in [6, 6.07) is 10.0. The lowest BCUT2D eigenvalue weighted by molar-refractivity contribution is -0.139. The van der Waals surface area contributed by atoms with E-state index in [1.54, 1.807) is 0 Å². The molecule has 4 N–H and O–H groups in total. The van der Waals surface area contributed by atoms with Crippen LogP contribution in [0.5, 0.6) is 0 Å². The smallest absolute Gasteiger partial charge is 0.303 e. The average Bonchev–Trinajstić information content (AvgIpc) is 2.58. The van der Waals surface area contributed by atoms with Gasteiger partial charge in [0.2, 0.25) is 0 Å². The van der Waals surface area contributed by atoms with Gasteiger partial charge in [0.1, 0.15) is 0 Å². The molecule has 0 radical (unpaired) electrons. The molecule has 1 unspecified atom stereocenters. The van der Waals surface area contributed by atoms with Crippen molar-refractivity contribution < 1.29 is 34.8 Å². The van der Waals surface area contributed by atoms with Gasteiger partial charge < -0.3 is 25.2 Å². The van der Waals surface area contributed by atoms with Crippen molar-refractivity contribution in [1.29, 1.82) is 0 Å². The van der Waals surface area contributed by atoms with Crippen molar-refractivity contribution in [1.82, 2.24) is 0 Å². The largest absolute Gasteiger partial charge is 0.481 e. The molecule has 0 saturated carbocycles. The Labute approximate surface area is 147 Å². The second kappa shape index (κ2) is 15.6. The van der Waals surface area contributed by atoms with Gasteiger partial charge in [0.25, 0.3) is 0 Å². The quantitative estimate of drug-likeness (QED) is 0.420. The zero-order chi connectivity index (χ0) is 18.9. The van der Waals surface area contributed by atoms with Crippen LogP contribution in [0.2, 0.25) is 0 Å². The average molecular weight is 356 g/mol. The van der Waals surface area contributed by atoms with E-state index in [0.717, 1.165) is 6.42 Å². The van der Waals surface area contributed by atoms with Gasteiger partial charge >= 0.3 is 11.9 Å². The Morgan fingerprint density at radius 1 is 1.00 bits per heavy atom. The molecule has 0 aromatic heterocycles. The van der Waals surface area contributed by atoms with Crippen molar-refractivity contribution in [2.45, 2.75) is 44.6 Å². The zero-order valence-electron chi connectivity index (χ0n) is 14.3. The minimum atomic E-state index is -0.870. The monoisotopic (exact) mass is 356 g/mol. The van der Waals surface area contributed by atoms with Crippen LogP contribution >= 0.6 is 0 Å². The Kier molecular flexibility index (Phi) is 14.3. The molecule has 0 aliphatic carbocycles. The van der Waals surface area contributed by atoms with Crippen molar-refractivity contribution in [3.8, 4) is 0 Å². The van der Waals surface area contributed by atoms with Crippen molar-refractivity contribution in [2.24, 2.45) is 0 Å². The van der Waals surface area contributed by atoms with Crippen molar-refractivity contribution >= 4 is 11.9 Å². The summed E-state index contributed by atoms with van der Waals surface area (Å²) in [6.45, 7) is 0.598. The first-order chi connectivity index (χ1) is 12.0. The van der Waals surface area contributed by atoms with Gasteiger partial charge in [-0.15, -0.1) is 0 Å². The van der Waals surface area contributed by atoms with Crippen LogP contribution in [0, 0.1) is 0 Å². The molecule has 0 saturated heterocycles. The number of aliphatic carboxylic acids is 2. The number of rotatable bonds is 12. The summed E-state index contributed by atoms with van der Waals surface area (Å²) in [5, 5.41) is 34.3. The molecule has 1 aromatic carbocycles. The van der Waals surface area contributed by atoms with Crippen LogP contribution < -0.4 is 0 Å². The Balaban J connectivity index is 0.000000504. The molecule has 1 rings (SSSR count). The van der Waals surface area contributed by atoms with Gasteiger partial charge in [0.15, 0.2) is 0 Å². The van der Waals surface area contributed by atoms with Crippen molar-refractivity contribution in [2.75, 3.05) is 19.8 Å². The fraction of sp³-hybridized carbons (Fsp3) is 0.556. The van der Waals surface area contributed by atoms with Crippen molar-refractivity contribution in [3.63, 3.8) is 0 Å². The van der Waals surface area contributed by atoms with Crippen LogP contribution in [0.25, 0.3) is 0 Å². The molecule has 7 nitrogen and oxygen atoms in total. The summed E-state index contributed by atoms with van der Waals surface area (Å²) in [5.74, 6) is -1.74. The molecule has 0 spiro atoms. The van der Waals surface area contributed by atoms with E-state index in [9.17, 15) is 14.7 Å². The minimum absolute atomic E-state index is 0.00536. The number of aliphatic hydroxyl groups excluding tert-OH is 2. The molecule has 25 heavy (non-hydrogen) atoms. The van der Waals surface area contributed by atoms with E-state index in [2.05, 4.69) is 0 Å². The maximum absolute atomic E-state index is 9.90. The van der Waals surface area contributed by atoms with Crippen LogP contribution in [0.1, 0.15) is 37.7 Å². The van der Waals surface area contributed by atoms with Crippen LogP contribution in [0.3, 0.4) is 0 Å². The predicted octanol–water partition coefficient (Wildman–Crippen LogP) is 1.70. The number of unbranched alkanes of at least 4 members (excludes halogenated alkanes) is 1. The summed E-state index contributed by atoms with van der Waals surface area (Å²) in [4.78, 5) is 19.8. The lowest BCUT2D eigenvalue weighted by Crippen LogP contribution is -2.17. The number of benzene rings is 1. The SMILES string of the molecule is O=C(O)CCCCC(=O)O.OCCOCC(O)CCc1ccccc1. The predicted molar refractivity (Wildman–Crippen MR) is 92.4 cm³/mol. The standard InChI is InChI=1S/C12H18O3.C6H10O4/c13-8-9-15-10-12(14)7-6-11-4-2-1-3-5-11;7-5(8)3-1-2-4-6(9)10/h1-5,12-14H,6-10H2;1-4H2,(H,7,8)(H,9,10). The highest BCUT2D eigenvalue weighted by Gasteiger charge is 2.04. The Morgan fingerprint density at radius 2 is 1.56 bits per heavy atom. The maximum Gasteiger partial charge on any atom is 0.303 e. The van der Waals surface area contributed by atoms with Gasteiger partial charge in [-0.2, -0.15) is 0 Å². The lowest BCUT2D eigenvalue weighted by Gasteiger charge is -2.10. The Bertz CT molecular complexity index is 446. The lowest BCUT2D eigenvalue weighted by atomic mass is 10.1. The highest BCUT2D eigenvalue weighted by molar-refractivity contribution is 5.67. The molecule has 0 bridgehead atoms. The summed E-state index contributed by atoms with van der Waals surface area (Å²) in [6.07, 6.45) is 2.11. The summed E-state index contributed by atoms with van der Waals surface area (Å²) in [5.41, 5.74) is 1.22. The third kappa shape index (κ3) is 16.7. The first-order valence-corrected chi connectivity index (χ1v) is 8.30. The van der Waals surface area contributed by atoms with Crippen LogP contribution in [0.15, 0.2) is 30.3 Å². The number of carboxylic acids is 2. The van der Waals surface area contributed by atoms with Gasteiger partial charge in [-0.1, -0.05) is 30.3 Å². The summed E-state index contributed by atoms with van der Waals surface area (Å²) in [7, 11) is 0. The number of aliphatic hydroxyl groups is 2. The van der Waals surface area contributed by atoms with Crippen LogP contribution in [-0.4, -0.2) is 58.3 Å². The van der Waals surface area contributed by atoms with E-state index in [4.69, 9.17) is 20.1 Å². The van der Waals surface area contributed by atoms with Gasteiger partial charge in [-0.25, -0.2) is 0 Å². The number of ether oxygens (including phenoxy) is 1. The molecular weight excluding hydrogens is 328 g/mol. The third-order valence-electron chi connectivity index (χ3n) is 3.19. The summed E-state index contributed by atoms with van der Waals surface area (Å²) < 4.78 is 5.03. The second-order valence-electron chi connectivity index (χ2n) is 5.47. The summed E-state index contributed by atoms with van der Waals surface area (Å²) >= 11 is 0. The number of hydrogen-bond donors (Lipinski definition) is 4. The molecule has 1 atom stereocenters. The molecule has 0 aliphatic rings. The highest BCUT2D eigenvalue weighted by atomic mass is 16.5. The van der Waals surface area contributed by atoms with E-state index >= 15 is 0 Å². The maximum atomic E-state index is 9.90. The van der Waals surface area contributed by atoms with Gasteiger partial charge in [-0.3, -0.25) is 9.59 Å². The fourth-order valence-electron chi connectivity index (χ4n) is 1.90. The Hall–Kier alpha value is -1.96. The molecule has 0 heterocycles.